The van der Waals surface area contributed by atoms with Gasteiger partial charge in [0.15, 0.2) is 0 Å². The third-order valence-corrected chi connectivity index (χ3v) is 3.73. The Morgan fingerprint density at radius 3 is 1.48 bits per heavy atom. The average molecular weight is 317 g/mol. The van der Waals surface area contributed by atoms with Crippen molar-refractivity contribution in [1.29, 1.82) is 0 Å². The van der Waals surface area contributed by atoms with Crippen LogP contribution in [0.15, 0.2) is 60.8 Å². The molecule has 0 saturated carbocycles. The molecule has 0 saturated heterocycles. The van der Waals surface area contributed by atoms with Gasteiger partial charge in [0.2, 0.25) is 0 Å². The van der Waals surface area contributed by atoms with E-state index < -0.39 is 0 Å². The van der Waals surface area contributed by atoms with Gasteiger partial charge in [-0.3, -0.25) is 0 Å². The molecule has 0 aromatic rings. The van der Waals surface area contributed by atoms with Crippen molar-refractivity contribution in [3.05, 3.63) is 60.8 Å². The highest BCUT2D eigenvalue weighted by molar-refractivity contribution is 5.00. The van der Waals surface area contributed by atoms with E-state index in [9.17, 15) is 0 Å². The molecule has 1 nitrogen and oxygen atoms in total. The summed E-state index contributed by atoms with van der Waals surface area (Å²) in [5.74, 6) is 0.469. The number of rotatable bonds is 14. The number of hydrogen-bond acceptors (Lipinski definition) is 1. The molecule has 0 aliphatic rings. The van der Waals surface area contributed by atoms with Gasteiger partial charge in [-0.15, -0.1) is 0 Å². The first-order valence-corrected chi connectivity index (χ1v) is 9.20. The summed E-state index contributed by atoms with van der Waals surface area (Å²) in [5.41, 5.74) is 0. The summed E-state index contributed by atoms with van der Waals surface area (Å²) in [7, 11) is 0. The Labute approximate surface area is 144 Å². The Hall–Kier alpha value is -1.34. The van der Waals surface area contributed by atoms with E-state index in [1.54, 1.807) is 0 Å². The quantitative estimate of drug-likeness (QED) is 0.361. The minimum atomic E-state index is 0.321. The lowest BCUT2D eigenvalue weighted by molar-refractivity contribution is 0.215. The van der Waals surface area contributed by atoms with Crippen LogP contribution in [-0.4, -0.2) is 11.7 Å². The fourth-order valence-electron chi connectivity index (χ4n) is 2.13. The Bertz CT molecular complexity index is 367. The first-order chi connectivity index (χ1) is 11.3. The second kappa shape index (κ2) is 18.7. The SMILES string of the molecule is CC/C=C\C/C=C\C/C=C\C/C=C\C/C=C\CCC(CC)CO. The van der Waals surface area contributed by atoms with Crippen LogP contribution in [0, 0.1) is 5.92 Å². The molecule has 1 atom stereocenters. The predicted molar refractivity (Wildman–Crippen MR) is 105 cm³/mol. The van der Waals surface area contributed by atoms with E-state index in [1.807, 2.05) is 0 Å². The molecule has 0 aromatic heterocycles. The predicted octanol–water partition coefficient (Wildman–Crippen LogP) is 6.54. The number of allylic oxidation sites excluding steroid dienone is 10. The third-order valence-electron chi connectivity index (χ3n) is 3.73. The van der Waals surface area contributed by atoms with Crippen LogP contribution in [-0.2, 0) is 0 Å². The highest BCUT2D eigenvalue weighted by Gasteiger charge is 2.01. The number of aliphatic hydroxyl groups excluding tert-OH is 1. The summed E-state index contributed by atoms with van der Waals surface area (Å²) < 4.78 is 0. The highest BCUT2D eigenvalue weighted by atomic mass is 16.3. The minimum absolute atomic E-state index is 0.321. The first kappa shape index (κ1) is 21.7. The van der Waals surface area contributed by atoms with Crippen molar-refractivity contribution in [2.45, 2.75) is 65.2 Å². The van der Waals surface area contributed by atoms with E-state index in [0.717, 1.165) is 51.4 Å². The average Bonchev–Trinajstić information content (AvgIpc) is 2.58. The van der Waals surface area contributed by atoms with E-state index in [2.05, 4.69) is 74.6 Å². The molecule has 0 aromatic carbocycles. The fraction of sp³-hybridized carbons (Fsp3) is 0.545. The van der Waals surface area contributed by atoms with Gasteiger partial charge < -0.3 is 5.11 Å². The lowest BCUT2D eigenvalue weighted by atomic mass is 10.0. The largest absolute Gasteiger partial charge is 0.396 e. The summed E-state index contributed by atoms with van der Waals surface area (Å²) in [6, 6.07) is 0. The molecule has 130 valence electrons. The summed E-state index contributed by atoms with van der Waals surface area (Å²) >= 11 is 0. The normalized spacial score (nSPS) is 14.4. The molecule has 0 aliphatic carbocycles. The Balaban J connectivity index is 3.52. The van der Waals surface area contributed by atoms with Crippen molar-refractivity contribution >= 4 is 0 Å². The van der Waals surface area contributed by atoms with E-state index in [4.69, 9.17) is 5.11 Å². The van der Waals surface area contributed by atoms with Crippen LogP contribution < -0.4 is 0 Å². The standard InChI is InChI=1S/C22H36O/c1-3-5-6-7-8-9-10-11-12-13-14-15-16-17-18-19-20-22(4-2)21-23/h5-6,8-9,11-12,14-15,17-18,22-23H,3-4,7,10,13,16,19-21H2,1-2H3/b6-5-,9-8-,12-11-,15-14-,18-17-. The second-order valence-electron chi connectivity index (χ2n) is 5.74. The van der Waals surface area contributed by atoms with Crippen molar-refractivity contribution in [3.63, 3.8) is 0 Å². The zero-order valence-electron chi connectivity index (χ0n) is 15.2. The van der Waals surface area contributed by atoms with Crippen LogP contribution in [0.3, 0.4) is 0 Å². The molecule has 0 spiro atoms. The minimum Gasteiger partial charge on any atom is -0.396 e. The Morgan fingerprint density at radius 2 is 1.09 bits per heavy atom. The molecule has 0 radical (unpaired) electrons. The van der Waals surface area contributed by atoms with Gasteiger partial charge in [0, 0.05) is 6.61 Å². The molecule has 0 fully saturated rings. The highest BCUT2D eigenvalue weighted by Crippen LogP contribution is 2.10. The third kappa shape index (κ3) is 16.9. The Kier molecular flexibility index (Phi) is 17.6. The lowest BCUT2D eigenvalue weighted by Gasteiger charge is -2.08. The van der Waals surface area contributed by atoms with Crippen molar-refractivity contribution in [3.8, 4) is 0 Å². The van der Waals surface area contributed by atoms with Crippen LogP contribution in [0.1, 0.15) is 65.2 Å². The maximum atomic E-state index is 9.10. The van der Waals surface area contributed by atoms with Crippen LogP contribution in [0.4, 0.5) is 0 Å². The van der Waals surface area contributed by atoms with Gasteiger partial charge in [0.05, 0.1) is 0 Å². The second-order valence-corrected chi connectivity index (χ2v) is 5.74. The molecular formula is C22H36O. The van der Waals surface area contributed by atoms with Gasteiger partial charge in [0.1, 0.15) is 0 Å². The molecule has 0 heterocycles. The van der Waals surface area contributed by atoms with Gasteiger partial charge in [-0.05, 0) is 50.9 Å². The smallest absolute Gasteiger partial charge is 0.0459 e. The zero-order chi connectivity index (χ0) is 17.0. The van der Waals surface area contributed by atoms with Gasteiger partial charge in [0.25, 0.3) is 0 Å². The zero-order valence-corrected chi connectivity index (χ0v) is 15.2. The summed E-state index contributed by atoms with van der Waals surface area (Å²) in [6.45, 7) is 4.62. The maximum absolute atomic E-state index is 9.10. The van der Waals surface area contributed by atoms with E-state index in [1.165, 1.54) is 0 Å². The van der Waals surface area contributed by atoms with Crippen LogP contribution in [0.25, 0.3) is 0 Å². The molecule has 1 unspecified atom stereocenters. The summed E-state index contributed by atoms with van der Waals surface area (Å²) in [5, 5.41) is 9.10. The van der Waals surface area contributed by atoms with Gasteiger partial charge in [-0.25, -0.2) is 0 Å². The van der Waals surface area contributed by atoms with Crippen LogP contribution in [0.2, 0.25) is 0 Å². The number of aliphatic hydroxyl groups is 1. The number of hydrogen-bond donors (Lipinski definition) is 1. The van der Waals surface area contributed by atoms with E-state index in [0.29, 0.717) is 12.5 Å². The monoisotopic (exact) mass is 316 g/mol. The molecule has 0 amide bonds. The maximum Gasteiger partial charge on any atom is 0.0459 e. The fourth-order valence-corrected chi connectivity index (χ4v) is 2.13. The summed E-state index contributed by atoms with van der Waals surface area (Å²) in [4.78, 5) is 0. The Morgan fingerprint density at radius 1 is 0.652 bits per heavy atom. The van der Waals surface area contributed by atoms with E-state index >= 15 is 0 Å². The van der Waals surface area contributed by atoms with Gasteiger partial charge in [-0.1, -0.05) is 81.0 Å². The van der Waals surface area contributed by atoms with Crippen molar-refractivity contribution in [2.75, 3.05) is 6.61 Å². The molecule has 0 rings (SSSR count). The topological polar surface area (TPSA) is 20.2 Å². The molecule has 1 N–H and O–H groups in total. The van der Waals surface area contributed by atoms with Crippen molar-refractivity contribution in [1.82, 2.24) is 0 Å². The van der Waals surface area contributed by atoms with Gasteiger partial charge >= 0.3 is 0 Å². The van der Waals surface area contributed by atoms with Crippen molar-refractivity contribution in [2.24, 2.45) is 5.92 Å². The molecule has 1 heteroatoms. The molecular weight excluding hydrogens is 280 g/mol. The lowest BCUT2D eigenvalue weighted by Crippen LogP contribution is -2.03. The molecule has 0 bridgehead atoms. The van der Waals surface area contributed by atoms with E-state index in [-0.39, 0.29) is 0 Å². The van der Waals surface area contributed by atoms with Crippen molar-refractivity contribution < 1.29 is 5.11 Å². The summed E-state index contributed by atoms with van der Waals surface area (Å²) in [6.07, 6.45) is 30.6. The molecule has 23 heavy (non-hydrogen) atoms. The van der Waals surface area contributed by atoms with Crippen LogP contribution >= 0.6 is 0 Å². The van der Waals surface area contributed by atoms with Gasteiger partial charge in [-0.2, -0.15) is 0 Å². The van der Waals surface area contributed by atoms with Crippen LogP contribution in [0.5, 0.6) is 0 Å². The first-order valence-electron chi connectivity index (χ1n) is 9.20. The molecule has 0 aliphatic heterocycles.